The Morgan fingerprint density at radius 2 is 1.87 bits per heavy atom. The number of hydrogen-bond donors (Lipinski definition) is 2. The average Bonchev–Trinajstić information content (AvgIpc) is 2.55. The fourth-order valence-corrected chi connectivity index (χ4v) is 2.55. The van der Waals surface area contributed by atoms with Gasteiger partial charge < -0.3 is 15.8 Å². The first kappa shape index (κ1) is 17.5. The van der Waals surface area contributed by atoms with Crippen molar-refractivity contribution in [1.82, 2.24) is 5.32 Å². The first-order chi connectivity index (χ1) is 11.0. The molecule has 2 atom stereocenters. The van der Waals surface area contributed by atoms with Gasteiger partial charge in [-0.1, -0.05) is 48.0 Å². The van der Waals surface area contributed by atoms with Gasteiger partial charge in [-0.15, -0.1) is 0 Å². The number of hydrogen-bond acceptors (Lipinski definition) is 3. The van der Waals surface area contributed by atoms with Crippen LogP contribution in [0.3, 0.4) is 0 Å². The Morgan fingerprint density at radius 3 is 2.52 bits per heavy atom. The third-order valence-corrected chi connectivity index (χ3v) is 3.88. The summed E-state index contributed by atoms with van der Waals surface area (Å²) in [6.45, 7) is 2.13. The van der Waals surface area contributed by atoms with Crippen LogP contribution in [0.1, 0.15) is 18.5 Å². The Balaban J connectivity index is 2.22. The van der Waals surface area contributed by atoms with Crippen molar-refractivity contribution < 1.29 is 9.53 Å². The quantitative estimate of drug-likeness (QED) is 0.854. The van der Waals surface area contributed by atoms with Crippen LogP contribution in [-0.4, -0.2) is 25.7 Å². The summed E-state index contributed by atoms with van der Waals surface area (Å²) in [5, 5.41) is 3.62. The number of amides is 1. The van der Waals surface area contributed by atoms with Gasteiger partial charge >= 0.3 is 0 Å². The summed E-state index contributed by atoms with van der Waals surface area (Å²) in [4.78, 5) is 12.1. The molecule has 2 aromatic carbocycles. The second-order valence-electron chi connectivity index (χ2n) is 5.39. The number of nitrogens with two attached hydrogens (primary N) is 1. The van der Waals surface area contributed by atoms with Crippen LogP contribution in [0.4, 0.5) is 0 Å². The molecule has 1 amide bonds. The Kier molecular flexibility index (Phi) is 6.16. The van der Waals surface area contributed by atoms with Crippen molar-refractivity contribution in [2.24, 2.45) is 5.73 Å². The van der Waals surface area contributed by atoms with E-state index in [2.05, 4.69) is 5.32 Å². The monoisotopic (exact) mass is 332 g/mol. The molecule has 23 heavy (non-hydrogen) atoms. The molecule has 5 heteroatoms. The lowest BCUT2D eigenvalue weighted by Gasteiger charge is -2.20. The predicted molar refractivity (Wildman–Crippen MR) is 93.3 cm³/mol. The van der Waals surface area contributed by atoms with E-state index in [9.17, 15) is 4.79 Å². The second-order valence-corrected chi connectivity index (χ2v) is 5.82. The van der Waals surface area contributed by atoms with Gasteiger partial charge in [0.05, 0.1) is 12.6 Å². The number of carbonyl (C=O) groups is 1. The van der Waals surface area contributed by atoms with Crippen LogP contribution in [-0.2, 0) is 9.53 Å². The van der Waals surface area contributed by atoms with Gasteiger partial charge in [0.25, 0.3) is 0 Å². The van der Waals surface area contributed by atoms with E-state index in [1.807, 2.05) is 55.5 Å². The van der Waals surface area contributed by atoms with Crippen molar-refractivity contribution in [3.05, 3.63) is 59.1 Å². The highest BCUT2D eigenvalue weighted by molar-refractivity contribution is 6.30. The van der Waals surface area contributed by atoms with Crippen molar-refractivity contribution in [2.45, 2.75) is 19.0 Å². The van der Waals surface area contributed by atoms with Crippen molar-refractivity contribution >= 4 is 17.5 Å². The second kappa shape index (κ2) is 8.11. The standard InChI is InChI=1S/C18H21ClN2O2/c1-12(21-18(22)17(20)11-23-2)15-5-3-4-6-16(15)13-7-9-14(19)10-8-13/h3-10,12,17H,11,20H2,1-2H3,(H,21,22). The van der Waals surface area contributed by atoms with Gasteiger partial charge in [-0.3, -0.25) is 4.79 Å². The zero-order valence-electron chi connectivity index (χ0n) is 13.3. The van der Waals surface area contributed by atoms with Gasteiger partial charge in [-0.05, 0) is 35.7 Å². The average molecular weight is 333 g/mol. The van der Waals surface area contributed by atoms with Crippen LogP contribution >= 0.6 is 11.6 Å². The van der Waals surface area contributed by atoms with Crippen LogP contribution in [0.2, 0.25) is 5.02 Å². The molecular weight excluding hydrogens is 312 g/mol. The Labute approximate surface area is 141 Å². The molecule has 0 fully saturated rings. The van der Waals surface area contributed by atoms with Crippen molar-refractivity contribution in [1.29, 1.82) is 0 Å². The lowest BCUT2D eigenvalue weighted by atomic mass is 9.95. The molecule has 0 aliphatic heterocycles. The molecule has 2 unspecified atom stereocenters. The first-order valence-electron chi connectivity index (χ1n) is 7.42. The normalized spacial score (nSPS) is 13.4. The SMILES string of the molecule is COCC(N)C(=O)NC(C)c1ccccc1-c1ccc(Cl)cc1. The molecule has 0 aliphatic rings. The molecular formula is C18H21ClN2O2. The highest BCUT2D eigenvalue weighted by Gasteiger charge is 2.18. The van der Waals surface area contributed by atoms with Crippen LogP contribution < -0.4 is 11.1 Å². The molecule has 0 heterocycles. The third kappa shape index (κ3) is 4.55. The van der Waals surface area contributed by atoms with Gasteiger partial charge in [0, 0.05) is 12.1 Å². The molecule has 0 spiro atoms. The highest BCUT2D eigenvalue weighted by atomic mass is 35.5. The van der Waals surface area contributed by atoms with Crippen molar-refractivity contribution in [3.8, 4) is 11.1 Å². The van der Waals surface area contributed by atoms with Crippen molar-refractivity contribution in [2.75, 3.05) is 13.7 Å². The number of rotatable bonds is 6. The topological polar surface area (TPSA) is 64.3 Å². The summed E-state index contributed by atoms with van der Waals surface area (Å²) in [6, 6.07) is 14.7. The third-order valence-electron chi connectivity index (χ3n) is 3.62. The number of methoxy groups -OCH3 is 1. The Morgan fingerprint density at radius 1 is 1.22 bits per heavy atom. The zero-order valence-corrected chi connectivity index (χ0v) is 14.0. The minimum atomic E-state index is -0.676. The summed E-state index contributed by atoms with van der Waals surface area (Å²) < 4.78 is 4.92. The molecule has 4 nitrogen and oxygen atoms in total. The fraction of sp³-hybridized carbons (Fsp3) is 0.278. The Bertz CT molecular complexity index is 658. The lowest BCUT2D eigenvalue weighted by molar-refractivity contribution is -0.124. The van der Waals surface area contributed by atoms with Gasteiger partial charge in [0.1, 0.15) is 6.04 Å². The first-order valence-corrected chi connectivity index (χ1v) is 7.80. The van der Waals surface area contributed by atoms with E-state index in [1.54, 1.807) is 0 Å². The molecule has 2 aromatic rings. The number of carbonyl (C=O) groups excluding carboxylic acids is 1. The molecule has 0 radical (unpaired) electrons. The van der Waals surface area contributed by atoms with Gasteiger partial charge in [0.2, 0.25) is 5.91 Å². The molecule has 0 saturated carbocycles. The van der Waals surface area contributed by atoms with E-state index in [4.69, 9.17) is 22.1 Å². The molecule has 2 rings (SSSR count). The zero-order chi connectivity index (χ0) is 16.8. The molecule has 0 aromatic heterocycles. The predicted octanol–water partition coefficient (Wildman–Crippen LogP) is 3.16. The van der Waals surface area contributed by atoms with E-state index in [-0.39, 0.29) is 18.6 Å². The molecule has 3 N–H and O–H groups in total. The van der Waals surface area contributed by atoms with E-state index in [0.717, 1.165) is 16.7 Å². The number of halogens is 1. The smallest absolute Gasteiger partial charge is 0.239 e. The fourth-order valence-electron chi connectivity index (χ4n) is 2.42. The summed E-state index contributed by atoms with van der Waals surface area (Å²) >= 11 is 5.95. The molecule has 0 saturated heterocycles. The van der Waals surface area contributed by atoms with Crippen LogP contribution in [0.25, 0.3) is 11.1 Å². The molecule has 122 valence electrons. The largest absolute Gasteiger partial charge is 0.383 e. The van der Waals surface area contributed by atoms with E-state index in [1.165, 1.54) is 7.11 Å². The van der Waals surface area contributed by atoms with Crippen LogP contribution in [0, 0.1) is 0 Å². The summed E-state index contributed by atoms with van der Waals surface area (Å²) in [6.07, 6.45) is 0. The van der Waals surface area contributed by atoms with E-state index < -0.39 is 6.04 Å². The maximum absolute atomic E-state index is 12.1. The summed E-state index contributed by atoms with van der Waals surface area (Å²) in [5.41, 5.74) is 8.89. The molecule has 0 bridgehead atoms. The lowest BCUT2D eigenvalue weighted by Crippen LogP contribution is -2.44. The minimum absolute atomic E-state index is 0.169. The van der Waals surface area contributed by atoms with E-state index >= 15 is 0 Å². The number of nitrogens with one attached hydrogen (secondary N) is 1. The van der Waals surface area contributed by atoms with Crippen LogP contribution in [0.15, 0.2) is 48.5 Å². The number of ether oxygens (including phenoxy) is 1. The Hall–Kier alpha value is -1.88. The van der Waals surface area contributed by atoms with Gasteiger partial charge in [0.15, 0.2) is 0 Å². The maximum Gasteiger partial charge on any atom is 0.239 e. The van der Waals surface area contributed by atoms with Gasteiger partial charge in [-0.25, -0.2) is 0 Å². The highest BCUT2D eigenvalue weighted by Crippen LogP contribution is 2.29. The number of benzene rings is 2. The van der Waals surface area contributed by atoms with Crippen LogP contribution in [0.5, 0.6) is 0 Å². The van der Waals surface area contributed by atoms with E-state index in [0.29, 0.717) is 5.02 Å². The summed E-state index contributed by atoms with van der Waals surface area (Å²) in [7, 11) is 1.52. The van der Waals surface area contributed by atoms with Gasteiger partial charge in [-0.2, -0.15) is 0 Å². The van der Waals surface area contributed by atoms with Crippen molar-refractivity contribution in [3.63, 3.8) is 0 Å². The summed E-state index contributed by atoms with van der Waals surface area (Å²) in [5.74, 6) is -0.231. The molecule has 0 aliphatic carbocycles. The maximum atomic E-state index is 12.1. The minimum Gasteiger partial charge on any atom is -0.383 e.